The largest absolute Gasteiger partial charge is 1.00 e. The number of benzene rings is 1. The first-order chi connectivity index (χ1) is 10.1. The van der Waals surface area contributed by atoms with Crippen molar-refractivity contribution in [1.29, 1.82) is 0 Å². The first-order valence-electron chi connectivity index (χ1n) is 7.11. The molecule has 1 aromatic carbocycles. The van der Waals surface area contributed by atoms with Crippen molar-refractivity contribution < 1.29 is 70.8 Å². The number of hydrogen-bond acceptors (Lipinski definition) is 4. The van der Waals surface area contributed by atoms with Crippen molar-refractivity contribution in [3.8, 4) is 0 Å². The van der Waals surface area contributed by atoms with E-state index in [2.05, 4.69) is 0 Å². The Hall–Kier alpha value is -0.664. The fourth-order valence-corrected chi connectivity index (χ4v) is 2.30. The number of para-hydroxylation sites is 1. The van der Waals surface area contributed by atoms with E-state index < -0.39 is 23.2 Å². The van der Waals surface area contributed by atoms with Crippen LogP contribution in [0.25, 0.3) is 0 Å². The number of rotatable bonds is 5. The van der Waals surface area contributed by atoms with Crippen molar-refractivity contribution >= 4 is 17.4 Å². The van der Waals surface area contributed by atoms with Crippen LogP contribution in [0.4, 0.5) is 5.69 Å². The smallest absolute Gasteiger partial charge is 0.613 e. The minimum atomic E-state index is -0.844. The molecule has 0 unspecified atom stereocenters. The quantitative estimate of drug-likeness (QED) is 0.290. The molecule has 112 valence electrons. The van der Waals surface area contributed by atoms with Gasteiger partial charge in [-0.15, -0.1) is 0 Å². The molecule has 0 N–H and O–H groups in total. The van der Waals surface area contributed by atoms with Crippen LogP contribution >= 0.6 is 0 Å². The molecule has 0 saturated carbocycles. The zero-order valence-corrected chi connectivity index (χ0v) is 16.3. The molecule has 0 fully saturated rings. The van der Waals surface area contributed by atoms with Crippen LogP contribution in [0.5, 0.6) is 0 Å². The van der Waals surface area contributed by atoms with Crippen LogP contribution in [-0.4, -0.2) is 24.8 Å². The van der Waals surface area contributed by atoms with Crippen LogP contribution in [0.15, 0.2) is 35.8 Å². The number of ether oxygens (including phenoxy) is 1. The van der Waals surface area contributed by atoms with Gasteiger partial charge in [0.25, 0.3) is 5.91 Å². The fourth-order valence-electron chi connectivity index (χ4n) is 2.30. The van der Waals surface area contributed by atoms with Crippen LogP contribution in [-0.2, 0) is 9.53 Å². The molecule has 1 aromatic rings. The third-order valence-corrected chi connectivity index (χ3v) is 3.34. The number of unbranched alkanes of at least 4 members (excludes halogenated alkanes) is 1. The van der Waals surface area contributed by atoms with Crippen molar-refractivity contribution in [3.05, 3.63) is 41.3 Å². The molecule has 0 saturated heterocycles. The van der Waals surface area contributed by atoms with Crippen molar-refractivity contribution in [2.24, 2.45) is 0 Å². The Morgan fingerprint density at radius 3 is 2.55 bits per heavy atom. The second-order valence-corrected chi connectivity index (χ2v) is 4.75. The van der Waals surface area contributed by atoms with Gasteiger partial charge in [0.2, 0.25) is 5.78 Å². The monoisotopic (exact) mass is 327 g/mol. The summed E-state index contributed by atoms with van der Waals surface area (Å²) < 4.78 is 4.85. The number of nitrogens with zero attached hydrogens (tertiary/aromatic N) is 1. The third kappa shape index (κ3) is 3.80. The molecule has 0 atom stereocenters. The van der Waals surface area contributed by atoms with Gasteiger partial charge >= 0.3 is 51.4 Å². The molecular formula is C16H18KNO4. The van der Waals surface area contributed by atoms with Gasteiger partial charge in [-0.05, 0) is 25.2 Å². The summed E-state index contributed by atoms with van der Waals surface area (Å²) in [7, 11) is 0. The first-order valence-corrected chi connectivity index (χ1v) is 7.11. The Bertz CT molecular complexity index is 598. The van der Waals surface area contributed by atoms with Crippen molar-refractivity contribution in [1.82, 2.24) is 0 Å². The van der Waals surface area contributed by atoms with Crippen LogP contribution in [0.3, 0.4) is 0 Å². The summed E-state index contributed by atoms with van der Waals surface area (Å²) in [5, 5.41) is 11.9. The van der Waals surface area contributed by atoms with Gasteiger partial charge in [0.05, 0.1) is 11.6 Å². The molecule has 1 heterocycles. The third-order valence-electron chi connectivity index (χ3n) is 3.34. The van der Waals surface area contributed by atoms with E-state index in [1.807, 2.05) is 6.92 Å². The second kappa shape index (κ2) is 8.84. The predicted octanol–water partition coefficient (Wildman–Crippen LogP) is -1.37. The summed E-state index contributed by atoms with van der Waals surface area (Å²) in [4.78, 5) is 26.4. The summed E-state index contributed by atoms with van der Waals surface area (Å²) >= 11 is 0. The number of fused-ring (bicyclic) bond motifs is 1. The Balaban J connectivity index is 0.00000242. The van der Waals surface area contributed by atoms with Crippen LogP contribution < -0.4 is 61.4 Å². The molecule has 0 bridgehead atoms. The van der Waals surface area contributed by atoms with Gasteiger partial charge in [0.15, 0.2) is 0 Å². The number of amides is 1. The number of anilines is 1. The van der Waals surface area contributed by atoms with E-state index in [0.29, 0.717) is 17.8 Å². The SMILES string of the molecule is CCCCN1C(=O)/C(=C(\[O-])OCC)C(=O)c2ccccc21.[K+]. The molecule has 22 heavy (non-hydrogen) atoms. The maximum Gasteiger partial charge on any atom is 1.00 e. The molecule has 1 aliphatic rings. The predicted molar refractivity (Wildman–Crippen MR) is 76.7 cm³/mol. The maximum absolute atomic E-state index is 12.5. The molecule has 0 aromatic heterocycles. The number of carbonyl (C=O) groups excluding carboxylic acids is 2. The zero-order chi connectivity index (χ0) is 15.4. The molecule has 1 aliphatic heterocycles. The molecule has 1 amide bonds. The Labute approximate surface area is 172 Å². The van der Waals surface area contributed by atoms with Gasteiger partial charge in [-0.25, -0.2) is 0 Å². The standard InChI is InChI=1S/C16H19NO4.K/c1-3-5-10-17-12-9-7-6-8-11(12)14(18)13(15(17)19)16(20)21-4-2;/h6-9,20H,3-5,10H2,1-2H3;/q;+1/p-1/b16-13+;. The van der Waals surface area contributed by atoms with E-state index in [-0.39, 0.29) is 58.0 Å². The van der Waals surface area contributed by atoms with Crippen LogP contribution in [0, 0.1) is 0 Å². The molecule has 2 rings (SSSR count). The number of hydrogen-bond donors (Lipinski definition) is 0. The topological polar surface area (TPSA) is 69.7 Å². The summed E-state index contributed by atoms with van der Waals surface area (Å²) in [6, 6.07) is 6.84. The summed E-state index contributed by atoms with van der Waals surface area (Å²) in [6.07, 6.45) is 1.71. The Morgan fingerprint density at radius 2 is 1.91 bits per heavy atom. The molecule has 0 aliphatic carbocycles. The number of carbonyl (C=O) groups is 2. The van der Waals surface area contributed by atoms with Gasteiger partial charge in [0, 0.05) is 12.1 Å². The van der Waals surface area contributed by atoms with E-state index >= 15 is 0 Å². The van der Waals surface area contributed by atoms with Gasteiger partial charge in [-0.1, -0.05) is 32.4 Å². The Kier molecular flexibility index (Phi) is 7.78. The minimum absolute atomic E-state index is 0. The van der Waals surface area contributed by atoms with Gasteiger partial charge in [0.1, 0.15) is 5.57 Å². The number of ketones is 1. The van der Waals surface area contributed by atoms with Crippen molar-refractivity contribution in [2.45, 2.75) is 26.7 Å². The van der Waals surface area contributed by atoms with Crippen LogP contribution in [0.1, 0.15) is 37.0 Å². The molecular weight excluding hydrogens is 309 g/mol. The average Bonchev–Trinajstić information content (AvgIpc) is 2.47. The normalized spacial score (nSPS) is 16.0. The second-order valence-electron chi connectivity index (χ2n) is 4.75. The Morgan fingerprint density at radius 1 is 1.23 bits per heavy atom. The summed E-state index contributed by atoms with van der Waals surface area (Å²) in [5.41, 5.74) is 0.539. The fraction of sp³-hybridized carbons (Fsp3) is 0.375. The summed E-state index contributed by atoms with van der Waals surface area (Å²) in [6.45, 7) is 4.25. The molecule has 6 heteroatoms. The average molecular weight is 327 g/mol. The molecule has 0 radical (unpaired) electrons. The van der Waals surface area contributed by atoms with E-state index in [9.17, 15) is 14.7 Å². The van der Waals surface area contributed by atoms with E-state index in [1.54, 1.807) is 31.2 Å². The van der Waals surface area contributed by atoms with Gasteiger partial charge in [-0.3, -0.25) is 9.59 Å². The van der Waals surface area contributed by atoms with Gasteiger partial charge < -0.3 is 14.7 Å². The van der Waals surface area contributed by atoms with E-state index in [1.165, 1.54) is 4.90 Å². The zero-order valence-electron chi connectivity index (χ0n) is 13.2. The van der Waals surface area contributed by atoms with Crippen LogP contribution in [0.2, 0.25) is 0 Å². The molecule has 0 spiro atoms. The number of Topliss-reactive ketones (excluding diaryl/α,β-unsaturated/α-hetero) is 1. The molecule has 5 nitrogen and oxygen atoms in total. The van der Waals surface area contributed by atoms with Gasteiger partial charge in [-0.2, -0.15) is 0 Å². The van der Waals surface area contributed by atoms with Crippen molar-refractivity contribution in [2.75, 3.05) is 18.1 Å². The minimum Gasteiger partial charge on any atom is -0.613 e. The maximum atomic E-state index is 12.5. The van der Waals surface area contributed by atoms with Crippen molar-refractivity contribution in [3.63, 3.8) is 0 Å². The van der Waals surface area contributed by atoms with E-state index in [4.69, 9.17) is 4.74 Å². The van der Waals surface area contributed by atoms with E-state index in [0.717, 1.165) is 12.8 Å². The first kappa shape index (κ1) is 19.4. The summed E-state index contributed by atoms with van der Waals surface area (Å²) in [5.74, 6) is -1.96.